The quantitative estimate of drug-likeness (QED) is 0.482. The molecule has 0 radical (unpaired) electrons. The second kappa shape index (κ2) is 5.31. The SMILES string of the molecule is O=C=Nc1ccccc1OC(F)(F)C(F)C(F)(F)F. The molecule has 0 aliphatic rings. The highest BCUT2D eigenvalue weighted by molar-refractivity contribution is 5.57. The van der Waals surface area contributed by atoms with E-state index in [4.69, 9.17) is 0 Å². The van der Waals surface area contributed by atoms with Crippen LogP contribution in [0.3, 0.4) is 0 Å². The van der Waals surface area contributed by atoms with Gasteiger partial charge in [0.05, 0.1) is 0 Å². The number of halogens is 6. The molecule has 0 amide bonds. The molecule has 0 saturated carbocycles. The number of aliphatic imine (C=N–C) groups is 1. The number of hydrogen-bond donors (Lipinski definition) is 0. The Morgan fingerprint density at radius 2 is 1.74 bits per heavy atom. The van der Waals surface area contributed by atoms with Crippen molar-refractivity contribution in [3.63, 3.8) is 0 Å². The van der Waals surface area contributed by atoms with Crippen molar-refractivity contribution in [2.45, 2.75) is 18.5 Å². The molecule has 1 aromatic rings. The first-order chi connectivity index (χ1) is 8.68. The zero-order chi connectivity index (χ0) is 14.7. The molecule has 0 heterocycles. The molecular formula is C10H5F6NO2. The maximum absolute atomic E-state index is 13.0. The van der Waals surface area contributed by atoms with Crippen molar-refractivity contribution in [2.75, 3.05) is 0 Å². The van der Waals surface area contributed by atoms with Crippen molar-refractivity contribution in [1.82, 2.24) is 0 Å². The summed E-state index contributed by atoms with van der Waals surface area (Å²) in [7, 11) is 0. The van der Waals surface area contributed by atoms with Crippen LogP contribution in [0.25, 0.3) is 0 Å². The number of hydrogen-bond acceptors (Lipinski definition) is 3. The van der Waals surface area contributed by atoms with Crippen LogP contribution in [0, 0.1) is 0 Å². The molecule has 1 rings (SSSR count). The predicted molar refractivity (Wildman–Crippen MR) is 50.7 cm³/mol. The second-order valence-corrected chi connectivity index (χ2v) is 3.24. The number of nitrogens with zero attached hydrogens (tertiary/aromatic N) is 1. The largest absolute Gasteiger partial charge is 0.439 e. The summed E-state index contributed by atoms with van der Waals surface area (Å²) in [5.74, 6) is -0.872. The number of para-hydroxylation sites is 2. The molecule has 9 heteroatoms. The van der Waals surface area contributed by atoms with E-state index in [1.807, 2.05) is 0 Å². The van der Waals surface area contributed by atoms with E-state index in [0.717, 1.165) is 24.3 Å². The average Bonchev–Trinajstić information content (AvgIpc) is 2.29. The third-order valence-electron chi connectivity index (χ3n) is 1.86. The molecule has 0 N–H and O–H groups in total. The minimum absolute atomic E-state index is 0.494. The van der Waals surface area contributed by atoms with Crippen LogP contribution in [0.4, 0.5) is 32.0 Å². The predicted octanol–water partition coefficient (Wildman–Crippen LogP) is 3.53. The van der Waals surface area contributed by atoms with Crippen molar-refractivity contribution >= 4 is 11.8 Å². The normalized spacial score (nSPS) is 13.6. The van der Waals surface area contributed by atoms with Crippen LogP contribution in [-0.2, 0) is 4.79 Å². The topological polar surface area (TPSA) is 38.7 Å². The highest BCUT2D eigenvalue weighted by Gasteiger charge is 2.59. The average molecular weight is 285 g/mol. The fourth-order valence-corrected chi connectivity index (χ4v) is 1.07. The molecule has 0 fully saturated rings. The van der Waals surface area contributed by atoms with E-state index in [2.05, 4.69) is 9.73 Å². The van der Waals surface area contributed by atoms with Crippen LogP contribution in [0.1, 0.15) is 0 Å². The fraction of sp³-hybridized carbons (Fsp3) is 0.300. The van der Waals surface area contributed by atoms with Gasteiger partial charge in [-0.15, -0.1) is 0 Å². The summed E-state index contributed by atoms with van der Waals surface area (Å²) in [6.07, 6.45) is -14.4. The monoisotopic (exact) mass is 285 g/mol. The van der Waals surface area contributed by atoms with Gasteiger partial charge in [0.15, 0.2) is 5.75 Å². The number of carbonyl (C=O) groups excluding carboxylic acids is 1. The van der Waals surface area contributed by atoms with Gasteiger partial charge in [0, 0.05) is 0 Å². The Hall–Kier alpha value is -2.02. The lowest BCUT2D eigenvalue weighted by Gasteiger charge is -2.23. The summed E-state index contributed by atoms with van der Waals surface area (Å²) in [4.78, 5) is 12.9. The minimum Gasteiger partial charge on any atom is -0.428 e. The molecule has 0 spiro atoms. The van der Waals surface area contributed by atoms with Crippen LogP contribution in [0.5, 0.6) is 5.75 Å². The lowest BCUT2D eigenvalue weighted by atomic mass is 10.3. The Morgan fingerprint density at radius 1 is 1.16 bits per heavy atom. The molecule has 0 aliphatic heterocycles. The van der Waals surface area contributed by atoms with Gasteiger partial charge in [0.1, 0.15) is 5.69 Å². The number of benzene rings is 1. The molecule has 0 aromatic heterocycles. The first-order valence-electron chi connectivity index (χ1n) is 4.63. The molecule has 0 bridgehead atoms. The number of rotatable bonds is 4. The molecule has 0 saturated heterocycles. The van der Waals surface area contributed by atoms with Gasteiger partial charge in [-0.3, -0.25) is 0 Å². The Kier molecular flexibility index (Phi) is 4.21. The van der Waals surface area contributed by atoms with Gasteiger partial charge in [0.25, 0.3) is 6.17 Å². The van der Waals surface area contributed by atoms with Gasteiger partial charge in [-0.1, -0.05) is 12.1 Å². The van der Waals surface area contributed by atoms with Gasteiger partial charge >= 0.3 is 12.3 Å². The van der Waals surface area contributed by atoms with E-state index in [9.17, 15) is 31.1 Å². The number of alkyl halides is 6. The van der Waals surface area contributed by atoms with Crippen molar-refractivity contribution in [1.29, 1.82) is 0 Å². The van der Waals surface area contributed by atoms with Gasteiger partial charge in [-0.25, -0.2) is 9.18 Å². The van der Waals surface area contributed by atoms with Crippen LogP contribution < -0.4 is 4.74 Å². The summed E-state index contributed by atoms with van der Waals surface area (Å²) >= 11 is 0. The van der Waals surface area contributed by atoms with Gasteiger partial charge < -0.3 is 4.74 Å². The standard InChI is InChI=1S/C10H5F6NO2/c11-8(9(12,13)14)10(15,16)19-7-4-2-1-3-6(7)17-5-18/h1-4,8H. The van der Waals surface area contributed by atoms with Crippen LogP contribution in [0.15, 0.2) is 29.3 Å². The molecule has 1 aromatic carbocycles. The molecule has 1 atom stereocenters. The van der Waals surface area contributed by atoms with E-state index in [1.54, 1.807) is 0 Å². The molecule has 19 heavy (non-hydrogen) atoms. The van der Waals surface area contributed by atoms with Crippen molar-refractivity contribution in [3.05, 3.63) is 24.3 Å². The van der Waals surface area contributed by atoms with Crippen LogP contribution in [-0.4, -0.2) is 24.5 Å². The molecule has 104 valence electrons. The maximum atomic E-state index is 13.0. The minimum atomic E-state index is -5.79. The number of isocyanates is 1. The Bertz CT molecular complexity index is 495. The van der Waals surface area contributed by atoms with E-state index in [1.165, 1.54) is 6.07 Å². The van der Waals surface area contributed by atoms with Gasteiger partial charge in [0.2, 0.25) is 6.08 Å². The summed E-state index contributed by atoms with van der Waals surface area (Å²) in [6, 6.07) is 4.22. The summed E-state index contributed by atoms with van der Waals surface area (Å²) < 4.78 is 77.8. The Morgan fingerprint density at radius 3 is 2.26 bits per heavy atom. The molecular weight excluding hydrogens is 280 g/mol. The number of ether oxygens (including phenoxy) is 1. The fourth-order valence-electron chi connectivity index (χ4n) is 1.07. The first kappa shape index (κ1) is 15.0. The third-order valence-corrected chi connectivity index (χ3v) is 1.86. The van der Waals surface area contributed by atoms with E-state index in [0.29, 0.717) is 0 Å². The lowest BCUT2D eigenvalue weighted by Crippen LogP contribution is -2.45. The summed E-state index contributed by atoms with van der Waals surface area (Å²) in [5, 5.41) is 0. The summed E-state index contributed by atoms with van der Waals surface area (Å²) in [6.45, 7) is 0. The third kappa shape index (κ3) is 3.72. The van der Waals surface area contributed by atoms with Crippen LogP contribution in [0.2, 0.25) is 0 Å². The Balaban J connectivity index is 3.05. The second-order valence-electron chi connectivity index (χ2n) is 3.24. The van der Waals surface area contributed by atoms with Crippen molar-refractivity contribution < 1.29 is 35.9 Å². The van der Waals surface area contributed by atoms with Gasteiger partial charge in [-0.2, -0.15) is 26.9 Å². The highest BCUT2D eigenvalue weighted by Crippen LogP contribution is 2.38. The first-order valence-corrected chi connectivity index (χ1v) is 4.63. The van der Waals surface area contributed by atoms with E-state index < -0.39 is 29.9 Å². The molecule has 1 unspecified atom stereocenters. The van der Waals surface area contributed by atoms with Crippen molar-refractivity contribution in [3.8, 4) is 5.75 Å². The zero-order valence-corrected chi connectivity index (χ0v) is 8.92. The molecule has 0 aliphatic carbocycles. The summed E-state index contributed by atoms with van der Waals surface area (Å²) in [5.41, 5.74) is -0.494. The highest BCUT2D eigenvalue weighted by atomic mass is 19.4. The van der Waals surface area contributed by atoms with Crippen LogP contribution >= 0.6 is 0 Å². The van der Waals surface area contributed by atoms with Crippen molar-refractivity contribution in [2.24, 2.45) is 4.99 Å². The molecule has 3 nitrogen and oxygen atoms in total. The smallest absolute Gasteiger partial charge is 0.428 e. The van der Waals surface area contributed by atoms with E-state index >= 15 is 0 Å². The maximum Gasteiger partial charge on any atom is 0.439 e. The van der Waals surface area contributed by atoms with E-state index in [-0.39, 0.29) is 0 Å². The van der Waals surface area contributed by atoms with Gasteiger partial charge in [-0.05, 0) is 12.1 Å². The lowest BCUT2D eigenvalue weighted by molar-refractivity contribution is -0.304. The Labute approximate surface area is 102 Å². The zero-order valence-electron chi connectivity index (χ0n) is 8.92.